The lowest BCUT2D eigenvalue weighted by Gasteiger charge is -2.29. The van der Waals surface area contributed by atoms with Crippen LogP contribution in [0, 0.1) is 6.92 Å². The molecule has 1 fully saturated rings. The SMILES string of the molecule is Cc1ccc(/C=C2\C(=O)NC(=S)N(c3ccc(Br)cc3)C2=O)cc1. The lowest BCUT2D eigenvalue weighted by molar-refractivity contribution is -0.122. The van der Waals surface area contributed by atoms with Crippen molar-refractivity contribution in [2.24, 2.45) is 0 Å². The highest BCUT2D eigenvalue weighted by molar-refractivity contribution is 9.10. The van der Waals surface area contributed by atoms with Crippen LogP contribution in [0.3, 0.4) is 0 Å². The van der Waals surface area contributed by atoms with E-state index in [0.717, 1.165) is 15.6 Å². The Bertz CT molecular complexity index is 858. The van der Waals surface area contributed by atoms with Gasteiger partial charge in [-0.3, -0.25) is 19.8 Å². The molecule has 1 aliphatic heterocycles. The van der Waals surface area contributed by atoms with E-state index in [2.05, 4.69) is 21.2 Å². The minimum absolute atomic E-state index is 0.0513. The number of hydrogen-bond acceptors (Lipinski definition) is 3. The lowest BCUT2D eigenvalue weighted by Crippen LogP contribution is -2.54. The van der Waals surface area contributed by atoms with Crippen LogP contribution in [0.2, 0.25) is 0 Å². The van der Waals surface area contributed by atoms with Crippen LogP contribution in [0.1, 0.15) is 11.1 Å². The van der Waals surface area contributed by atoms with Gasteiger partial charge in [0.05, 0.1) is 5.69 Å². The maximum absolute atomic E-state index is 12.8. The van der Waals surface area contributed by atoms with Crippen LogP contribution < -0.4 is 10.2 Å². The fourth-order valence-electron chi connectivity index (χ4n) is 2.31. The van der Waals surface area contributed by atoms with Gasteiger partial charge in [-0.2, -0.15) is 0 Å². The van der Waals surface area contributed by atoms with E-state index in [1.54, 1.807) is 18.2 Å². The summed E-state index contributed by atoms with van der Waals surface area (Å²) >= 11 is 8.52. The van der Waals surface area contributed by atoms with Crippen molar-refractivity contribution in [1.82, 2.24) is 5.32 Å². The molecule has 2 amide bonds. The molecule has 2 aromatic rings. The minimum atomic E-state index is -0.487. The van der Waals surface area contributed by atoms with Gasteiger partial charge < -0.3 is 0 Å². The van der Waals surface area contributed by atoms with Crippen molar-refractivity contribution in [2.75, 3.05) is 4.90 Å². The molecule has 4 nitrogen and oxygen atoms in total. The number of hydrogen-bond donors (Lipinski definition) is 1. The highest BCUT2D eigenvalue weighted by Crippen LogP contribution is 2.23. The Labute approximate surface area is 153 Å². The van der Waals surface area contributed by atoms with E-state index in [1.165, 1.54) is 4.90 Å². The summed E-state index contributed by atoms with van der Waals surface area (Å²) in [5, 5.41) is 2.65. The molecule has 0 spiro atoms. The smallest absolute Gasteiger partial charge is 0.270 e. The van der Waals surface area contributed by atoms with E-state index in [4.69, 9.17) is 12.2 Å². The third-order valence-corrected chi connectivity index (χ3v) is 4.39. The van der Waals surface area contributed by atoms with E-state index >= 15 is 0 Å². The van der Waals surface area contributed by atoms with E-state index in [-0.39, 0.29) is 10.7 Å². The summed E-state index contributed by atoms with van der Waals surface area (Å²) in [6.45, 7) is 1.98. The van der Waals surface area contributed by atoms with Gasteiger partial charge >= 0.3 is 0 Å². The van der Waals surface area contributed by atoms with Crippen LogP contribution in [0.5, 0.6) is 0 Å². The number of halogens is 1. The molecule has 120 valence electrons. The molecule has 2 aromatic carbocycles. The van der Waals surface area contributed by atoms with Gasteiger partial charge in [-0.1, -0.05) is 45.8 Å². The molecule has 3 rings (SSSR count). The van der Waals surface area contributed by atoms with Crippen LogP contribution in [0.25, 0.3) is 6.08 Å². The first-order chi connectivity index (χ1) is 11.5. The maximum atomic E-state index is 12.8. The molecule has 1 saturated heterocycles. The molecular weight excluding hydrogens is 388 g/mol. The zero-order chi connectivity index (χ0) is 17.3. The van der Waals surface area contributed by atoms with Gasteiger partial charge in [0.1, 0.15) is 5.57 Å². The average molecular weight is 401 g/mol. The number of carbonyl (C=O) groups is 2. The van der Waals surface area contributed by atoms with Gasteiger partial charge in [0, 0.05) is 4.47 Å². The molecule has 0 saturated carbocycles. The first kappa shape index (κ1) is 16.5. The maximum Gasteiger partial charge on any atom is 0.270 e. The third-order valence-electron chi connectivity index (χ3n) is 3.57. The monoisotopic (exact) mass is 400 g/mol. The van der Waals surface area contributed by atoms with E-state index in [1.807, 2.05) is 43.3 Å². The van der Waals surface area contributed by atoms with Gasteiger partial charge in [0.25, 0.3) is 11.8 Å². The quantitative estimate of drug-likeness (QED) is 0.476. The van der Waals surface area contributed by atoms with Crippen molar-refractivity contribution in [2.45, 2.75) is 6.92 Å². The number of thiocarbonyl (C=S) groups is 1. The number of nitrogens with one attached hydrogen (secondary N) is 1. The van der Waals surface area contributed by atoms with Crippen LogP contribution in [-0.2, 0) is 9.59 Å². The molecule has 0 atom stereocenters. The van der Waals surface area contributed by atoms with Crippen molar-refractivity contribution >= 4 is 56.8 Å². The predicted molar refractivity (Wildman–Crippen MR) is 102 cm³/mol. The number of anilines is 1. The molecule has 0 radical (unpaired) electrons. The zero-order valence-corrected chi connectivity index (χ0v) is 15.1. The third kappa shape index (κ3) is 3.29. The van der Waals surface area contributed by atoms with E-state index in [0.29, 0.717) is 5.69 Å². The van der Waals surface area contributed by atoms with Crippen molar-refractivity contribution in [1.29, 1.82) is 0 Å². The standard InChI is InChI=1S/C18H13BrN2O2S/c1-11-2-4-12(5-3-11)10-15-16(22)20-18(24)21(17(15)23)14-8-6-13(19)7-9-14/h2-10H,1H3,(H,20,22,24)/b15-10+. The van der Waals surface area contributed by atoms with Crippen LogP contribution in [0.4, 0.5) is 5.69 Å². The summed E-state index contributed by atoms with van der Waals surface area (Å²) in [6.07, 6.45) is 1.57. The van der Waals surface area contributed by atoms with Gasteiger partial charge in [-0.25, -0.2) is 0 Å². The predicted octanol–water partition coefficient (Wildman–Crippen LogP) is 3.59. The highest BCUT2D eigenvalue weighted by atomic mass is 79.9. The number of benzene rings is 2. The molecule has 6 heteroatoms. The normalized spacial score (nSPS) is 16.5. The van der Waals surface area contributed by atoms with Crippen molar-refractivity contribution < 1.29 is 9.59 Å². The Morgan fingerprint density at radius 1 is 1.04 bits per heavy atom. The van der Waals surface area contributed by atoms with Crippen LogP contribution in [0.15, 0.2) is 58.6 Å². The number of amides is 2. The van der Waals surface area contributed by atoms with E-state index in [9.17, 15) is 9.59 Å². The summed E-state index contributed by atoms with van der Waals surface area (Å²) in [6, 6.07) is 14.7. The topological polar surface area (TPSA) is 49.4 Å². The first-order valence-corrected chi connectivity index (χ1v) is 8.39. The summed E-state index contributed by atoms with van der Waals surface area (Å²) in [4.78, 5) is 26.3. The van der Waals surface area contributed by atoms with Gasteiger partial charge in [-0.15, -0.1) is 0 Å². The van der Waals surface area contributed by atoms with Crippen molar-refractivity contribution in [3.8, 4) is 0 Å². The second kappa shape index (κ2) is 6.67. The molecule has 0 aliphatic carbocycles. The minimum Gasteiger partial charge on any atom is -0.298 e. The first-order valence-electron chi connectivity index (χ1n) is 7.19. The molecule has 1 heterocycles. The highest BCUT2D eigenvalue weighted by Gasteiger charge is 2.34. The molecular formula is C18H13BrN2O2S. The lowest BCUT2D eigenvalue weighted by atomic mass is 10.1. The van der Waals surface area contributed by atoms with Crippen LogP contribution in [-0.4, -0.2) is 16.9 Å². The molecule has 1 N–H and O–H groups in total. The molecule has 0 unspecified atom stereocenters. The molecule has 24 heavy (non-hydrogen) atoms. The Kier molecular flexibility index (Phi) is 4.59. The number of nitrogens with zero attached hydrogens (tertiary/aromatic N) is 1. The second-order valence-corrected chi connectivity index (χ2v) is 6.65. The number of rotatable bonds is 2. The van der Waals surface area contributed by atoms with Crippen molar-refractivity contribution in [3.63, 3.8) is 0 Å². The molecule has 0 aromatic heterocycles. The van der Waals surface area contributed by atoms with E-state index < -0.39 is 11.8 Å². The Balaban J connectivity index is 1.99. The number of aryl methyl sites for hydroxylation is 1. The zero-order valence-electron chi connectivity index (χ0n) is 12.7. The fourth-order valence-corrected chi connectivity index (χ4v) is 2.86. The fraction of sp³-hybridized carbons (Fsp3) is 0.0556. The largest absolute Gasteiger partial charge is 0.298 e. The molecule has 0 bridgehead atoms. The Morgan fingerprint density at radius 2 is 1.67 bits per heavy atom. The number of carbonyl (C=O) groups excluding carboxylic acids is 2. The Hall–Kier alpha value is -2.31. The summed E-state index contributed by atoms with van der Waals surface area (Å²) in [7, 11) is 0. The average Bonchev–Trinajstić information content (AvgIpc) is 2.55. The van der Waals surface area contributed by atoms with Gasteiger partial charge in [-0.05, 0) is 55.0 Å². The van der Waals surface area contributed by atoms with Gasteiger partial charge in [0.15, 0.2) is 5.11 Å². The second-order valence-electron chi connectivity index (χ2n) is 5.34. The van der Waals surface area contributed by atoms with Gasteiger partial charge in [0.2, 0.25) is 0 Å². The summed E-state index contributed by atoms with van der Waals surface area (Å²) < 4.78 is 0.890. The summed E-state index contributed by atoms with van der Waals surface area (Å²) in [5.74, 6) is -0.925. The summed E-state index contributed by atoms with van der Waals surface area (Å²) in [5.41, 5.74) is 2.54. The van der Waals surface area contributed by atoms with Crippen molar-refractivity contribution in [3.05, 3.63) is 69.7 Å². The molecule has 1 aliphatic rings. The Morgan fingerprint density at radius 3 is 2.29 bits per heavy atom. The van der Waals surface area contributed by atoms with Crippen LogP contribution >= 0.6 is 28.1 Å².